The van der Waals surface area contributed by atoms with Crippen molar-refractivity contribution >= 4 is 10.0 Å². The van der Waals surface area contributed by atoms with Crippen molar-refractivity contribution in [3.8, 4) is 0 Å². The topological polar surface area (TPSA) is 66.4 Å². The molecule has 4 nitrogen and oxygen atoms in total. The van der Waals surface area contributed by atoms with Gasteiger partial charge in [0.1, 0.15) is 6.61 Å². The second-order valence-corrected chi connectivity index (χ2v) is 5.83. The molecule has 7 heteroatoms. The smallest absolute Gasteiger partial charge is 0.283 e. The molecule has 0 spiro atoms. The summed E-state index contributed by atoms with van der Waals surface area (Å²) in [7, 11) is -3.64. The second kappa shape index (κ2) is 4.71. The molecule has 0 aromatic heterocycles. The van der Waals surface area contributed by atoms with E-state index in [0.717, 1.165) is 12.8 Å². The van der Waals surface area contributed by atoms with Gasteiger partial charge in [-0.05, 0) is 12.8 Å². The average Bonchev–Trinajstić information content (AvgIpc) is 2.69. The Morgan fingerprint density at radius 1 is 1.33 bits per heavy atom. The van der Waals surface area contributed by atoms with Crippen LogP contribution in [0.5, 0.6) is 0 Å². The summed E-state index contributed by atoms with van der Waals surface area (Å²) in [6, 6.07) is 0. The fourth-order valence-corrected chi connectivity index (χ4v) is 3.18. The van der Waals surface area contributed by atoms with Gasteiger partial charge in [-0.2, -0.15) is 0 Å². The minimum absolute atomic E-state index is 0.528. The van der Waals surface area contributed by atoms with E-state index < -0.39 is 34.3 Å². The van der Waals surface area contributed by atoms with E-state index in [4.69, 9.17) is 5.11 Å². The maximum absolute atomic E-state index is 12.6. The van der Waals surface area contributed by atoms with Crippen molar-refractivity contribution < 1.29 is 22.3 Å². The molecular weight excluding hydrogens is 228 g/mol. The van der Waals surface area contributed by atoms with Gasteiger partial charge in [0.05, 0.1) is 11.8 Å². The van der Waals surface area contributed by atoms with Crippen LogP contribution < -0.4 is 4.72 Å². The number of sulfonamides is 1. The van der Waals surface area contributed by atoms with Crippen molar-refractivity contribution in [2.45, 2.75) is 36.9 Å². The summed E-state index contributed by atoms with van der Waals surface area (Å²) >= 11 is 0. The van der Waals surface area contributed by atoms with Gasteiger partial charge in [-0.1, -0.05) is 12.8 Å². The Balaban J connectivity index is 2.50. The third kappa shape index (κ3) is 3.66. The van der Waals surface area contributed by atoms with E-state index in [0.29, 0.717) is 12.8 Å². The molecule has 0 unspecified atom stereocenters. The monoisotopic (exact) mass is 243 g/mol. The summed E-state index contributed by atoms with van der Waals surface area (Å²) in [4.78, 5) is 0. The van der Waals surface area contributed by atoms with Gasteiger partial charge in [0.2, 0.25) is 10.0 Å². The molecule has 1 rings (SSSR count). The summed E-state index contributed by atoms with van der Waals surface area (Å²) in [6.07, 6.45) is 2.70. The van der Waals surface area contributed by atoms with E-state index in [1.807, 2.05) is 4.72 Å². The molecule has 0 amide bonds. The Morgan fingerprint density at radius 2 is 1.87 bits per heavy atom. The Kier molecular flexibility index (Phi) is 4.02. The Morgan fingerprint density at radius 3 is 2.33 bits per heavy atom. The third-order valence-corrected chi connectivity index (χ3v) is 4.40. The maximum atomic E-state index is 12.6. The lowest BCUT2D eigenvalue weighted by Crippen LogP contribution is -2.42. The molecule has 1 aliphatic carbocycles. The molecule has 0 aromatic carbocycles. The zero-order chi connectivity index (χ0) is 11.5. The van der Waals surface area contributed by atoms with Crippen molar-refractivity contribution in [1.82, 2.24) is 4.72 Å². The van der Waals surface area contributed by atoms with Gasteiger partial charge in [0.25, 0.3) is 5.92 Å². The van der Waals surface area contributed by atoms with Crippen molar-refractivity contribution in [3.05, 3.63) is 0 Å². The number of aliphatic hydroxyl groups is 1. The second-order valence-electron chi connectivity index (χ2n) is 3.79. The van der Waals surface area contributed by atoms with Gasteiger partial charge >= 0.3 is 0 Å². The minimum Gasteiger partial charge on any atom is -0.390 e. The van der Waals surface area contributed by atoms with E-state index in [-0.39, 0.29) is 0 Å². The first-order chi connectivity index (χ1) is 6.87. The zero-order valence-electron chi connectivity index (χ0n) is 8.25. The van der Waals surface area contributed by atoms with Gasteiger partial charge in [-0.25, -0.2) is 21.9 Å². The summed E-state index contributed by atoms with van der Waals surface area (Å²) in [6.45, 7) is -2.37. The number of nitrogens with one attached hydrogen (secondary N) is 1. The molecule has 1 saturated carbocycles. The fraction of sp³-hybridized carbons (Fsp3) is 1.00. The van der Waals surface area contributed by atoms with Crippen molar-refractivity contribution in [2.75, 3.05) is 13.2 Å². The van der Waals surface area contributed by atoms with E-state index in [1.54, 1.807) is 0 Å². The number of rotatable bonds is 5. The molecule has 0 heterocycles. The number of aliphatic hydroxyl groups excluding tert-OH is 1. The first-order valence-electron chi connectivity index (χ1n) is 4.84. The van der Waals surface area contributed by atoms with E-state index >= 15 is 0 Å². The van der Waals surface area contributed by atoms with Crippen LogP contribution in [0.4, 0.5) is 8.78 Å². The van der Waals surface area contributed by atoms with Crippen molar-refractivity contribution in [2.24, 2.45) is 0 Å². The summed E-state index contributed by atoms with van der Waals surface area (Å²) in [5.41, 5.74) is 0. The van der Waals surface area contributed by atoms with Crippen LogP contribution in [0, 0.1) is 0 Å². The molecule has 1 fully saturated rings. The van der Waals surface area contributed by atoms with Gasteiger partial charge in [0.15, 0.2) is 0 Å². The van der Waals surface area contributed by atoms with Crippen molar-refractivity contribution in [3.63, 3.8) is 0 Å². The van der Waals surface area contributed by atoms with E-state index in [2.05, 4.69) is 0 Å². The molecule has 15 heavy (non-hydrogen) atoms. The first kappa shape index (κ1) is 12.8. The van der Waals surface area contributed by atoms with Crippen LogP contribution in [0.25, 0.3) is 0 Å². The lowest BCUT2D eigenvalue weighted by Gasteiger charge is -2.16. The van der Waals surface area contributed by atoms with E-state index in [9.17, 15) is 17.2 Å². The number of alkyl halides is 2. The van der Waals surface area contributed by atoms with Crippen molar-refractivity contribution in [1.29, 1.82) is 0 Å². The van der Waals surface area contributed by atoms with Crippen LogP contribution in [0.15, 0.2) is 0 Å². The predicted octanol–water partition coefficient (Wildman–Crippen LogP) is 0.476. The van der Waals surface area contributed by atoms with Gasteiger partial charge in [-0.15, -0.1) is 0 Å². The van der Waals surface area contributed by atoms with Crippen LogP contribution >= 0.6 is 0 Å². The molecule has 1 aliphatic rings. The lowest BCUT2D eigenvalue weighted by molar-refractivity contribution is -0.0437. The van der Waals surface area contributed by atoms with Crippen LogP contribution in [-0.2, 0) is 10.0 Å². The van der Waals surface area contributed by atoms with Crippen LogP contribution in [0.2, 0.25) is 0 Å². The van der Waals surface area contributed by atoms with Crippen LogP contribution in [-0.4, -0.2) is 37.8 Å². The zero-order valence-corrected chi connectivity index (χ0v) is 9.06. The highest BCUT2D eigenvalue weighted by atomic mass is 32.2. The molecule has 0 aliphatic heterocycles. The molecule has 2 N–H and O–H groups in total. The average molecular weight is 243 g/mol. The summed E-state index contributed by atoms with van der Waals surface area (Å²) in [5.74, 6) is -3.38. The highest BCUT2D eigenvalue weighted by Crippen LogP contribution is 2.24. The summed E-state index contributed by atoms with van der Waals surface area (Å²) < 4.78 is 50.0. The largest absolute Gasteiger partial charge is 0.390 e. The highest BCUT2D eigenvalue weighted by molar-refractivity contribution is 7.90. The summed E-state index contributed by atoms with van der Waals surface area (Å²) in [5, 5.41) is 7.72. The Bertz CT molecular complexity index is 299. The number of halogens is 2. The highest BCUT2D eigenvalue weighted by Gasteiger charge is 2.33. The van der Waals surface area contributed by atoms with Gasteiger partial charge < -0.3 is 5.11 Å². The molecule has 0 bridgehead atoms. The molecule has 90 valence electrons. The maximum Gasteiger partial charge on any atom is 0.283 e. The first-order valence-corrected chi connectivity index (χ1v) is 6.39. The van der Waals surface area contributed by atoms with E-state index in [1.165, 1.54) is 0 Å². The molecular formula is C8H15F2NO3S. The molecule has 0 radical (unpaired) electrons. The Hall–Kier alpha value is -0.270. The lowest BCUT2D eigenvalue weighted by atomic mass is 10.4. The Labute approximate surface area is 87.7 Å². The normalized spacial score (nSPS) is 19.7. The predicted molar refractivity (Wildman–Crippen MR) is 51.2 cm³/mol. The minimum atomic E-state index is -3.64. The molecule has 0 saturated heterocycles. The van der Waals surface area contributed by atoms with Crippen LogP contribution in [0.3, 0.4) is 0 Å². The molecule has 0 atom stereocenters. The number of hydrogen-bond acceptors (Lipinski definition) is 3. The molecule has 0 aromatic rings. The van der Waals surface area contributed by atoms with Gasteiger partial charge in [-0.3, -0.25) is 0 Å². The quantitative estimate of drug-likeness (QED) is 0.738. The van der Waals surface area contributed by atoms with Gasteiger partial charge in [0, 0.05) is 0 Å². The fourth-order valence-electron chi connectivity index (χ4n) is 1.58. The third-order valence-electron chi connectivity index (χ3n) is 2.50. The SMILES string of the molecule is O=S(=O)(NCC(F)(F)CO)C1CCCC1. The standard InChI is InChI=1S/C8H15F2NO3S/c9-8(10,6-12)5-11-15(13,14)7-3-1-2-4-7/h7,11-12H,1-6H2. The van der Waals surface area contributed by atoms with Crippen LogP contribution in [0.1, 0.15) is 25.7 Å². The number of hydrogen-bond donors (Lipinski definition) is 2.